The Labute approximate surface area is 192 Å². The molecule has 0 aliphatic carbocycles. The Morgan fingerprint density at radius 1 is 1.06 bits per heavy atom. The summed E-state index contributed by atoms with van der Waals surface area (Å²) in [4.78, 5) is 22.3. The third-order valence-corrected chi connectivity index (χ3v) is 6.99. The number of aromatic nitrogens is 2. The van der Waals surface area contributed by atoms with E-state index in [1.807, 2.05) is 49.7 Å². The smallest absolute Gasteiger partial charge is 0.185 e. The second-order valence-electron chi connectivity index (χ2n) is 8.30. The number of benzene rings is 1. The van der Waals surface area contributed by atoms with Crippen LogP contribution in [0.15, 0.2) is 35.8 Å². The number of rotatable bonds is 5. The maximum atomic E-state index is 13.3. The summed E-state index contributed by atoms with van der Waals surface area (Å²) in [5.41, 5.74) is 3.77. The number of ketones is 1. The van der Waals surface area contributed by atoms with E-state index < -0.39 is 0 Å². The Hall–Kier alpha value is -2.84. The summed E-state index contributed by atoms with van der Waals surface area (Å²) >= 11 is 1.67. The molecule has 0 N–H and O–H groups in total. The maximum Gasteiger partial charge on any atom is 0.185 e. The molecule has 2 aromatic heterocycles. The fourth-order valence-electron chi connectivity index (χ4n) is 4.59. The fourth-order valence-corrected chi connectivity index (χ4v) is 5.29. The predicted molar refractivity (Wildman–Crippen MR) is 126 cm³/mol. The fraction of sp³-hybridized carbons (Fsp3) is 0.417. The number of ether oxygens (including phenoxy) is 2. The molecule has 8 heteroatoms. The number of carbonyl (C=O) groups is 1. The summed E-state index contributed by atoms with van der Waals surface area (Å²) in [5, 5.41) is 3.08. The highest BCUT2D eigenvalue weighted by Gasteiger charge is 2.23. The van der Waals surface area contributed by atoms with Gasteiger partial charge < -0.3 is 18.9 Å². The number of hydrogen-bond acceptors (Lipinski definition) is 7. The molecule has 0 spiro atoms. The number of fused-ring (bicyclic) bond motifs is 1. The number of Topliss-reactive ketones (excluding diaryl/α,β-unsaturated/α-hetero) is 1. The minimum atomic E-state index is 0.171. The standard InChI is InChI=1S/C24H28N4O3S/c1-17-14-20(18(2)28(17)19-4-5-22-23(15-19)31-12-11-30-22)21(29)16-26-7-3-8-27(10-9-26)24-25-6-13-32-24/h4-6,13-15H,3,7-12,16H2,1-2H3. The van der Waals surface area contributed by atoms with Gasteiger partial charge in [-0.1, -0.05) is 0 Å². The summed E-state index contributed by atoms with van der Waals surface area (Å²) < 4.78 is 13.5. The van der Waals surface area contributed by atoms with E-state index in [1.165, 1.54) is 0 Å². The topological polar surface area (TPSA) is 59.8 Å². The largest absolute Gasteiger partial charge is 0.486 e. The number of anilines is 1. The molecule has 32 heavy (non-hydrogen) atoms. The lowest BCUT2D eigenvalue weighted by Crippen LogP contribution is -2.34. The predicted octanol–water partition coefficient (Wildman–Crippen LogP) is 3.72. The van der Waals surface area contributed by atoms with E-state index in [0.717, 1.165) is 71.9 Å². The summed E-state index contributed by atoms with van der Waals surface area (Å²) in [7, 11) is 0. The Kier molecular flexibility index (Phi) is 5.89. The van der Waals surface area contributed by atoms with Crippen molar-refractivity contribution in [1.82, 2.24) is 14.5 Å². The normalized spacial score (nSPS) is 16.8. The van der Waals surface area contributed by atoms with Crippen LogP contribution in [0, 0.1) is 13.8 Å². The van der Waals surface area contributed by atoms with Gasteiger partial charge in [0.05, 0.1) is 6.54 Å². The molecule has 0 radical (unpaired) electrons. The first-order valence-electron chi connectivity index (χ1n) is 11.1. The van der Waals surface area contributed by atoms with Crippen LogP contribution >= 0.6 is 11.3 Å². The molecule has 1 saturated heterocycles. The number of nitrogens with zero attached hydrogens (tertiary/aromatic N) is 4. The Morgan fingerprint density at radius 2 is 1.91 bits per heavy atom. The van der Waals surface area contributed by atoms with Gasteiger partial charge in [-0.3, -0.25) is 9.69 Å². The van der Waals surface area contributed by atoms with Crippen LogP contribution in [-0.4, -0.2) is 66.2 Å². The zero-order valence-corrected chi connectivity index (χ0v) is 19.4. The van der Waals surface area contributed by atoms with Crippen LogP contribution in [0.25, 0.3) is 5.69 Å². The number of thiazole rings is 1. The van der Waals surface area contributed by atoms with Crippen molar-refractivity contribution in [3.8, 4) is 17.2 Å². The van der Waals surface area contributed by atoms with Crippen molar-refractivity contribution in [2.75, 3.05) is 50.8 Å². The molecule has 0 amide bonds. The van der Waals surface area contributed by atoms with Gasteiger partial charge in [-0.2, -0.15) is 0 Å². The van der Waals surface area contributed by atoms with Crippen molar-refractivity contribution >= 4 is 22.3 Å². The van der Waals surface area contributed by atoms with Gasteiger partial charge >= 0.3 is 0 Å². The van der Waals surface area contributed by atoms with E-state index in [2.05, 4.69) is 19.4 Å². The molecule has 7 nitrogen and oxygen atoms in total. The lowest BCUT2D eigenvalue weighted by atomic mass is 10.1. The van der Waals surface area contributed by atoms with Gasteiger partial charge in [0.15, 0.2) is 22.4 Å². The van der Waals surface area contributed by atoms with Crippen molar-refractivity contribution in [1.29, 1.82) is 0 Å². The van der Waals surface area contributed by atoms with E-state index in [4.69, 9.17) is 9.47 Å². The first kappa shape index (κ1) is 21.0. The molecular weight excluding hydrogens is 424 g/mol. The Bertz CT molecular complexity index is 1110. The molecule has 4 heterocycles. The van der Waals surface area contributed by atoms with Gasteiger partial charge in [0.2, 0.25) is 0 Å². The minimum Gasteiger partial charge on any atom is -0.486 e. The molecular formula is C24H28N4O3S. The number of aryl methyl sites for hydroxylation is 1. The van der Waals surface area contributed by atoms with Crippen LogP contribution in [0.1, 0.15) is 28.2 Å². The van der Waals surface area contributed by atoms with Crippen LogP contribution in [0.2, 0.25) is 0 Å². The molecule has 168 valence electrons. The third kappa shape index (κ3) is 4.12. The van der Waals surface area contributed by atoms with Crippen molar-refractivity contribution in [2.24, 2.45) is 0 Å². The van der Waals surface area contributed by atoms with Gasteiger partial charge in [-0.25, -0.2) is 4.98 Å². The third-order valence-electron chi connectivity index (χ3n) is 6.16. The second kappa shape index (κ2) is 8.96. The molecule has 0 unspecified atom stereocenters. The van der Waals surface area contributed by atoms with E-state index >= 15 is 0 Å². The monoisotopic (exact) mass is 452 g/mol. The minimum absolute atomic E-state index is 0.171. The number of carbonyl (C=O) groups excluding carboxylic acids is 1. The van der Waals surface area contributed by atoms with Crippen LogP contribution < -0.4 is 14.4 Å². The van der Waals surface area contributed by atoms with Crippen molar-refractivity contribution in [2.45, 2.75) is 20.3 Å². The highest BCUT2D eigenvalue weighted by molar-refractivity contribution is 7.13. The van der Waals surface area contributed by atoms with Gasteiger partial charge in [-0.15, -0.1) is 11.3 Å². The van der Waals surface area contributed by atoms with Gasteiger partial charge in [0, 0.05) is 66.5 Å². The van der Waals surface area contributed by atoms with Crippen molar-refractivity contribution in [3.63, 3.8) is 0 Å². The average Bonchev–Trinajstić information content (AvgIpc) is 3.36. The highest BCUT2D eigenvalue weighted by atomic mass is 32.1. The summed E-state index contributed by atoms with van der Waals surface area (Å²) in [6.07, 6.45) is 2.88. The summed E-state index contributed by atoms with van der Waals surface area (Å²) in [6.45, 7) is 9.30. The molecule has 0 bridgehead atoms. The van der Waals surface area contributed by atoms with E-state index in [0.29, 0.717) is 19.8 Å². The molecule has 5 rings (SSSR count). The van der Waals surface area contributed by atoms with Crippen molar-refractivity contribution in [3.05, 3.63) is 52.8 Å². The second-order valence-corrected chi connectivity index (χ2v) is 9.18. The Morgan fingerprint density at radius 3 is 2.72 bits per heavy atom. The summed E-state index contributed by atoms with van der Waals surface area (Å²) in [6, 6.07) is 7.96. The maximum absolute atomic E-state index is 13.3. The van der Waals surface area contributed by atoms with Gasteiger partial charge in [0.25, 0.3) is 0 Å². The molecule has 0 atom stereocenters. The van der Waals surface area contributed by atoms with Crippen molar-refractivity contribution < 1.29 is 14.3 Å². The van der Waals surface area contributed by atoms with Crippen LogP contribution in [0.5, 0.6) is 11.5 Å². The SMILES string of the molecule is Cc1cc(C(=O)CN2CCCN(c3nccs3)CC2)c(C)n1-c1ccc2c(c1)OCCO2. The zero-order chi connectivity index (χ0) is 22.1. The van der Waals surface area contributed by atoms with E-state index in [9.17, 15) is 4.79 Å². The molecule has 2 aliphatic heterocycles. The zero-order valence-electron chi connectivity index (χ0n) is 18.5. The van der Waals surface area contributed by atoms with Crippen LogP contribution in [0.3, 0.4) is 0 Å². The lowest BCUT2D eigenvalue weighted by Gasteiger charge is -2.21. The van der Waals surface area contributed by atoms with E-state index in [-0.39, 0.29) is 5.78 Å². The molecule has 1 fully saturated rings. The van der Waals surface area contributed by atoms with Crippen LogP contribution in [-0.2, 0) is 0 Å². The summed E-state index contributed by atoms with van der Waals surface area (Å²) in [5.74, 6) is 1.69. The molecule has 1 aromatic carbocycles. The first-order valence-corrected chi connectivity index (χ1v) is 12.0. The quantitative estimate of drug-likeness (QED) is 0.550. The number of hydrogen-bond donors (Lipinski definition) is 0. The van der Waals surface area contributed by atoms with Gasteiger partial charge in [0.1, 0.15) is 13.2 Å². The Balaban J connectivity index is 1.31. The molecule has 0 saturated carbocycles. The molecule has 3 aromatic rings. The highest BCUT2D eigenvalue weighted by Crippen LogP contribution is 2.33. The van der Waals surface area contributed by atoms with E-state index in [1.54, 1.807) is 11.3 Å². The lowest BCUT2D eigenvalue weighted by molar-refractivity contribution is 0.0934. The first-order chi connectivity index (χ1) is 15.6. The molecule has 2 aliphatic rings. The van der Waals surface area contributed by atoms with Crippen LogP contribution in [0.4, 0.5) is 5.13 Å². The average molecular weight is 453 g/mol. The van der Waals surface area contributed by atoms with Gasteiger partial charge in [-0.05, 0) is 38.5 Å².